The Morgan fingerprint density at radius 1 is 1.33 bits per heavy atom. The van der Waals surface area contributed by atoms with Crippen molar-refractivity contribution in [2.24, 2.45) is 5.41 Å². The van der Waals surface area contributed by atoms with E-state index in [1.54, 1.807) is 12.1 Å². The smallest absolute Gasteiger partial charge is 0.251 e. The van der Waals surface area contributed by atoms with Crippen LogP contribution in [0.4, 0.5) is 0 Å². The van der Waals surface area contributed by atoms with Crippen LogP contribution in [0.2, 0.25) is 0 Å². The number of carbonyl (C=O) groups excluding carboxylic acids is 1. The summed E-state index contributed by atoms with van der Waals surface area (Å²) in [6.45, 7) is 4.30. The van der Waals surface area contributed by atoms with Crippen LogP contribution >= 0.6 is 0 Å². The fourth-order valence-corrected chi connectivity index (χ4v) is 2.85. The van der Waals surface area contributed by atoms with Gasteiger partial charge in [0.05, 0.1) is 0 Å². The van der Waals surface area contributed by atoms with E-state index in [9.17, 15) is 4.79 Å². The molecule has 0 radical (unpaired) electrons. The highest BCUT2D eigenvalue weighted by Crippen LogP contribution is 2.35. The maximum atomic E-state index is 12.3. The molecule has 0 heterocycles. The lowest BCUT2D eigenvalue weighted by molar-refractivity contribution is 0.0853. The third-order valence-corrected chi connectivity index (χ3v) is 4.27. The van der Waals surface area contributed by atoms with Crippen molar-refractivity contribution in [1.29, 1.82) is 0 Å². The van der Waals surface area contributed by atoms with Crippen molar-refractivity contribution in [3.63, 3.8) is 0 Å². The summed E-state index contributed by atoms with van der Waals surface area (Å²) in [5.41, 5.74) is 1.63. The lowest BCUT2D eigenvalue weighted by Gasteiger charge is -2.39. The number of benzene rings is 1. The first-order chi connectivity index (χ1) is 10.0. The van der Waals surface area contributed by atoms with Gasteiger partial charge in [-0.05, 0) is 42.5 Å². The van der Waals surface area contributed by atoms with Gasteiger partial charge in [0.1, 0.15) is 6.61 Å². The number of carbonyl (C=O) groups is 1. The Balaban J connectivity index is 2.03. The van der Waals surface area contributed by atoms with Gasteiger partial charge in [0.15, 0.2) is 0 Å². The summed E-state index contributed by atoms with van der Waals surface area (Å²) >= 11 is 0. The van der Waals surface area contributed by atoms with Gasteiger partial charge >= 0.3 is 0 Å². The van der Waals surface area contributed by atoms with E-state index in [1.807, 2.05) is 12.1 Å². The van der Waals surface area contributed by atoms with Gasteiger partial charge in [0.2, 0.25) is 0 Å². The van der Waals surface area contributed by atoms with E-state index in [0.29, 0.717) is 5.56 Å². The molecule has 1 aliphatic rings. The van der Waals surface area contributed by atoms with Crippen molar-refractivity contribution in [3.05, 3.63) is 35.4 Å². The minimum absolute atomic E-state index is 0.0170. The fourth-order valence-electron chi connectivity index (χ4n) is 2.85. The van der Waals surface area contributed by atoms with Crippen molar-refractivity contribution in [2.75, 3.05) is 6.61 Å². The van der Waals surface area contributed by atoms with Gasteiger partial charge < -0.3 is 10.4 Å². The molecule has 21 heavy (non-hydrogen) atoms. The third kappa shape index (κ3) is 4.09. The molecule has 1 aromatic rings. The summed E-state index contributed by atoms with van der Waals surface area (Å²) in [5, 5.41) is 11.8. The fraction of sp³-hybridized carbons (Fsp3) is 0.500. The van der Waals surface area contributed by atoms with Gasteiger partial charge in [-0.15, -0.1) is 0 Å². The Morgan fingerprint density at radius 3 is 2.67 bits per heavy atom. The van der Waals surface area contributed by atoms with Crippen LogP contribution in [-0.4, -0.2) is 23.7 Å². The largest absolute Gasteiger partial charge is 0.384 e. The molecular weight excluding hydrogens is 262 g/mol. The number of hydrogen-bond acceptors (Lipinski definition) is 2. The summed E-state index contributed by atoms with van der Waals surface area (Å²) in [4.78, 5) is 12.3. The summed E-state index contributed by atoms with van der Waals surface area (Å²) < 4.78 is 0. The van der Waals surface area contributed by atoms with Crippen molar-refractivity contribution >= 4 is 5.91 Å². The highest BCUT2D eigenvalue weighted by molar-refractivity contribution is 5.94. The minimum atomic E-state index is -0.154. The minimum Gasteiger partial charge on any atom is -0.384 e. The first-order valence-electron chi connectivity index (χ1n) is 7.53. The zero-order valence-corrected chi connectivity index (χ0v) is 12.8. The van der Waals surface area contributed by atoms with Crippen molar-refractivity contribution in [1.82, 2.24) is 5.32 Å². The number of hydrogen-bond donors (Lipinski definition) is 2. The summed E-state index contributed by atoms with van der Waals surface area (Å²) in [6.07, 6.45) is 4.65. The molecule has 1 aliphatic carbocycles. The Bertz CT molecular complexity index is 549. The predicted molar refractivity (Wildman–Crippen MR) is 83.9 cm³/mol. The summed E-state index contributed by atoms with van der Waals surface area (Å²) in [6, 6.07) is 7.43. The van der Waals surface area contributed by atoms with Gasteiger partial charge in [-0.2, -0.15) is 0 Å². The zero-order valence-electron chi connectivity index (χ0n) is 12.8. The lowest BCUT2D eigenvalue weighted by atomic mass is 9.73. The van der Waals surface area contributed by atoms with Crippen molar-refractivity contribution in [3.8, 4) is 11.8 Å². The monoisotopic (exact) mass is 285 g/mol. The standard InChI is InChI=1S/C18H23NO2/c1-18(2)12-4-3-7-16(18)19-17(21)15-10-8-14(9-11-15)6-5-13-20/h8-11,16,20H,3-4,7,12-13H2,1-2H3,(H,19,21). The molecule has 3 nitrogen and oxygen atoms in total. The van der Waals surface area contributed by atoms with Gasteiger partial charge in [-0.25, -0.2) is 0 Å². The number of nitrogens with one attached hydrogen (secondary N) is 1. The summed E-state index contributed by atoms with van der Waals surface area (Å²) in [5.74, 6) is 5.40. The Hall–Kier alpha value is -1.79. The molecule has 1 aromatic carbocycles. The van der Waals surface area contributed by atoms with Crippen LogP contribution < -0.4 is 5.32 Å². The van der Waals surface area contributed by atoms with Crippen LogP contribution in [-0.2, 0) is 0 Å². The molecule has 112 valence electrons. The first-order valence-corrected chi connectivity index (χ1v) is 7.53. The normalized spacial score (nSPS) is 20.2. The second-order valence-electron chi connectivity index (χ2n) is 6.30. The number of rotatable bonds is 2. The maximum absolute atomic E-state index is 12.3. The van der Waals surface area contributed by atoms with E-state index in [1.165, 1.54) is 12.8 Å². The molecule has 1 amide bonds. The predicted octanol–water partition coefficient (Wildman–Crippen LogP) is 2.73. The molecule has 1 atom stereocenters. The van der Waals surface area contributed by atoms with E-state index >= 15 is 0 Å². The zero-order chi connectivity index (χ0) is 15.3. The van der Waals surface area contributed by atoms with Gasteiger partial charge in [0, 0.05) is 17.2 Å². The van der Waals surface area contributed by atoms with Crippen LogP contribution in [0.25, 0.3) is 0 Å². The quantitative estimate of drug-likeness (QED) is 0.821. The van der Waals surface area contributed by atoms with Crippen molar-refractivity contribution in [2.45, 2.75) is 45.6 Å². The molecule has 0 aromatic heterocycles. The first kappa shape index (κ1) is 15.6. The van der Waals surface area contributed by atoms with E-state index < -0.39 is 0 Å². The molecule has 0 spiro atoms. The van der Waals surface area contributed by atoms with Crippen LogP contribution in [0.3, 0.4) is 0 Å². The lowest BCUT2D eigenvalue weighted by Crippen LogP contribution is -2.46. The van der Waals surface area contributed by atoms with Crippen LogP contribution in [0, 0.1) is 17.3 Å². The molecule has 2 rings (SSSR count). The van der Waals surface area contributed by atoms with Gasteiger partial charge in [-0.1, -0.05) is 38.5 Å². The molecule has 1 fully saturated rings. The molecule has 1 unspecified atom stereocenters. The highest BCUT2D eigenvalue weighted by Gasteiger charge is 2.33. The maximum Gasteiger partial charge on any atom is 0.251 e. The molecule has 0 aliphatic heterocycles. The van der Waals surface area contributed by atoms with E-state index in [-0.39, 0.29) is 24.0 Å². The molecule has 0 saturated heterocycles. The van der Waals surface area contributed by atoms with Crippen LogP contribution in [0.15, 0.2) is 24.3 Å². The van der Waals surface area contributed by atoms with Gasteiger partial charge in [-0.3, -0.25) is 4.79 Å². The Kier molecular flexibility index (Phi) is 5.03. The second kappa shape index (κ2) is 6.78. The van der Waals surface area contributed by atoms with Crippen LogP contribution in [0.1, 0.15) is 55.5 Å². The molecule has 3 heteroatoms. The Labute approximate surface area is 126 Å². The third-order valence-electron chi connectivity index (χ3n) is 4.27. The van der Waals surface area contributed by atoms with E-state index in [0.717, 1.165) is 18.4 Å². The molecule has 2 N–H and O–H groups in total. The Morgan fingerprint density at radius 2 is 2.05 bits per heavy atom. The molecule has 1 saturated carbocycles. The average molecular weight is 285 g/mol. The van der Waals surface area contributed by atoms with Crippen LogP contribution in [0.5, 0.6) is 0 Å². The van der Waals surface area contributed by atoms with E-state index in [4.69, 9.17) is 5.11 Å². The summed E-state index contributed by atoms with van der Waals surface area (Å²) in [7, 11) is 0. The number of aliphatic hydroxyl groups is 1. The number of amides is 1. The molecule has 0 bridgehead atoms. The second-order valence-corrected chi connectivity index (χ2v) is 6.30. The van der Waals surface area contributed by atoms with Gasteiger partial charge in [0.25, 0.3) is 5.91 Å². The average Bonchev–Trinajstić information content (AvgIpc) is 2.47. The topological polar surface area (TPSA) is 49.3 Å². The van der Waals surface area contributed by atoms with Crippen molar-refractivity contribution < 1.29 is 9.90 Å². The highest BCUT2D eigenvalue weighted by atomic mass is 16.2. The molecular formula is C18H23NO2. The number of aliphatic hydroxyl groups excluding tert-OH is 1. The SMILES string of the molecule is CC1(C)CCCCC1NC(=O)c1ccc(C#CCO)cc1. The van der Waals surface area contributed by atoms with E-state index in [2.05, 4.69) is 31.0 Å².